The van der Waals surface area contributed by atoms with Gasteiger partial charge in [0.05, 0.1) is 18.7 Å². The summed E-state index contributed by atoms with van der Waals surface area (Å²) in [6, 6.07) is 8.38. The number of anilines is 1. The van der Waals surface area contributed by atoms with E-state index >= 15 is 0 Å². The van der Waals surface area contributed by atoms with E-state index in [9.17, 15) is 4.79 Å². The van der Waals surface area contributed by atoms with Crippen molar-refractivity contribution in [3.63, 3.8) is 0 Å². The summed E-state index contributed by atoms with van der Waals surface area (Å²) in [5.41, 5.74) is 6.12. The molecule has 19 heavy (non-hydrogen) atoms. The van der Waals surface area contributed by atoms with Gasteiger partial charge in [0.1, 0.15) is 5.75 Å². The molecule has 1 saturated carbocycles. The molecule has 0 heterocycles. The Balaban J connectivity index is 1.97. The van der Waals surface area contributed by atoms with Gasteiger partial charge in [-0.2, -0.15) is 0 Å². The standard InChI is InChI=1S/C15H22N2O2/c1-11-5-4-7-12(11)17-13-6-2-3-8-14(13)19-10-9-15(16)18/h2-3,6,8,11-12,17H,4-5,7,9-10H2,1H3,(H2,16,18). The Morgan fingerprint density at radius 2 is 2.21 bits per heavy atom. The fourth-order valence-corrected chi connectivity index (χ4v) is 2.53. The van der Waals surface area contributed by atoms with Crippen LogP contribution >= 0.6 is 0 Å². The molecule has 2 atom stereocenters. The maximum absolute atomic E-state index is 10.7. The van der Waals surface area contributed by atoms with Crippen molar-refractivity contribution in [1.29, 1.82) is 0 Å². The van der Waals surface area contributed by atoms with Crippen molar-refractivity contribution in [2.24, 2.45) is 11.7 Å². The summed E-state index contributed by atoms with van der Waals surface area (Å²) in [6.45, 7) is 2.61. The van der Waals surface area contributed by atoms with Gasteiger partial charge in [-0.3, -0.25) is 4.79 Å². The van der Waals surface area contributed by atoms with Crippen LogP contribution in [-0.2, 0) is 4.79 Å². The van der Waals surface area contributed by atoms with Gasteiger partial charge in [0.2, 0.25) is 5.91 Å². The first kappa shape index (κ1) is 13.7. The molecule has 0 radical (unpaired) electrons. The van der Waals surface area contributed by atoms with Gasteiger partial charge in [-0.1, -0.05) is 25.5 Å². The third-order valence-electron chi connectivity index (χ3n) is 3.70. The first-order valence-electron chi connectivity index (χ1n) is 6.93. The van der Waals surface area contributed by atoms with Gasteiger partial charge in [0, 0.05) is 6.04 Å². The second-order valence-electron chi connectivity index (χ2n) is 5.22. The highest BCUT2D eigenvalue weighted by molar-refractivity contribution is 5.73. The molecular formula is C15H22N2O2. The van der Waals surface area contributed by atoms with Crippen molar-refractivity contribution in [2.45, 2.75) is 38.6 Å². The quantitative estimate of drug-likeness (QED) is 0.828. The molecule has 1 aliphatic rings. The van der Waals surface area contributed by atoms with Gasteiger partial charge in [-0.15, -0.1) is 0 Å². The Morgan fingerprint density at radius 1 is 1.42 bits per heavy atom. The lowest BCUT2D eigenvalue weighted by Gasteiger charge is -2.20. The molecule has 0 bridgehead atoms. The number of carbonyl (C=O) groups excluding carboxylic acids is 1. The van der Waals surface area contributed by atoms with E-state index in [1.807, 2.05) is 24.3 Å². The second kappa shape index (κ2) is 6.45. The van der Waals surface area contributed by atoms with Crippen LogP contribution in [0.3, 0.4) is 0 Å². The van der Waals surface area contributed by atoms with Crippen LogP contribution in [-0.4, -0.2) is 18.6 Å². The smallest absolute Gasteiger partial charge is 0.220 e. The van der Waals surface area contributed by atoms with Crippen molar-refractivity contribution >= 4 is 11.6 Å². The average Bonchev–Trinajstić information content (AvgIpc) is 2.77. The maximum Gasteiger partial charge on any atom is 0.220 e. The summed E-state index contributed by atoms with van der Waals surface area (Å²) >= 11 is 0. The second-order valence-corrected chi connectivity index (χ2v) is 5.22. The van der Waals surface area contributed by atoms with Gasteiger partial charge < -0.3 is 15.8 Å². The fourth-order valence-electron chi connectivity index (χ4n) is 2.53. The van der Waals surface area contributed by atoms with Gasteiger partial charge in [-0.25, -0.2) is 0 Å². The van der Waals surface area contributed by atoms with Gasteiger partial charge in [-0.05, 0) is 30.9 Å². The van der Waals surface area contributed by atoms with Crippen molar-refractivity contribution in [3.8, 4) is 5.75 Å². The molecule has 2 unspecified atom stereocenters. The van der Waals surface area contributed by atoms with E-state index in [-0.39, 0.29) is 12.3 Å². The van der Waals surface area contributed by atoms with E-state index in [4.69, 9.17) is 10.5 Å². The molecule has 104 valence electrons. The zero-order chi connectivity index (χ0) is 13.7. The minimum absolute atomic E-state index is 0.244. The van der Waals surface area contributed by atoms with Crippen LogP contribution in [0.4, 0.5) is 5.69 Å². The lowest BCUT2D eigenvalue weighted by atomic mass is 10.1. The van der Waals surface area contributed by atoms with Gasteiger partial charge in [0.15, 0.2) is 0 Å². The van der Waals surface area contributed by atoms with Crippen LogP contribution in [0.2, 0.25) is 0 Å². The van der Waals surface area contributed by atoms with Crippen molar-refractivity contribution in [1.82, 2.24) is 0 Å². The van der Waals surface area contributed by atoms with Crippen LogP contribution in [0, 0.1) is 5.92 Å². The highest BCUT2D eigenvalue weighted by Gasteiger charge is 2.23. The molecule has 0 aliphatic heterocycles. The number of nitrogens with one attached hydrogen (secondary N) is 1. The fraction of sp³-hybridized carbons (Fsp3) is 0.533. The van der Waals surface area contributed by atoms with Crippen molar-refractivity contribution in [3.05, 3.63) is 24.3 Å². The minimum atomic E-state index is -0.338. The van der Waals surface area contributed by atoms with E-state index < -0.39 is 0 Å². The average molecular weight is 262 g/mol. The highest BCUT2D eigenvalue weighted by atomic mass is 16.5. The van der Waals surface area contributed by atoms with E-state index in [1.165, 1.54) is 19.3 Å². The molecular weight excluding hydrogens is 240 g/mol. The summed E-state index contributed by atoms with van der Waals surface area (Å²) in [5.74, 6) is 1.15. The van der Waals surface area contributed by atoms with E-state index in [0.29, 0.717) is 18.6 Å². The molecule has 4 heteroatoms. The third-order valence-corrected chi connectivity index (χ3v) is 3.70. The number of hydrogen-bond acceptors (Lipinski definition) is 3. The normalized spacial score (nSPS) is 22.2. The molecule has 1 fully saturated rings. The maximum atomic E-state index is 10.7. The lowest BCUT2D eigenvalue weighted by Crippen LogP contribution is -2.22. The number of para-hydroxylation sites is 2. The summed E-state index contributed by atoms with van der Waals surface area (Å²) in [4.78, 5) is 10.7. The van der Waals surface area contributed by atoms with Crippen LogP contribution in [0.15, 0.2) is 24.3 Å². The predicted molar refractivity (Wildman–Crippen MR) is 76.2 cm³/mol. The number of benzene rings is 1. The topological polar surface area (TPSA) is 64.3 Å². The Kier molecular flexibility index (Phi) is 4.66. The lowest BCUT2D eigenvalue weighted by molar-refractivity contribution is -0.118. The van der Waals surface area contributed by atoms with Crippen LogP contribution < -0.4 is 15.8 Å². The molecule has 1 amide bonds. The van der Waals surface area contributed by atoms with Crippen LogP contribution in [0.5, 0.6) is 5.75 Å². The van der Waals surface area contributed by atoms with Crippen LogP contribution in [0.25, 0.3) is 0 Å². The molecule has 0 aromatic heterocycles. The Hall–Kier alpha value is -1.71. The Morgan fingerprint density at radius 3 is 2.89 bits per heavy atom. The molecule has 3 N–H and O–H groups in total. The molecule has 4 nitrogen and oxygen atoms in total. The zero-order valence-corrected chi connectivity index (χ0v) is 11.4. The highest BCUT2D eigenvalue weighted by Crippen LogP contribution is 2.31. The number of amides is 1. The summed E-state index contributed by atoms with van der Waals surface area (Å²) < 4.78 is 5.63. The molecule has 1 aromatic rings. The number of nitrogens with two attached hydrogens (primary N) is 1. The predicted octanol–water partition coefficient (Wildman–Crippen LogP) is 2.54. The SMILES string of the molecule is CC1CCCC1Nc1ccccc1OCCC(N)=O. The largest absolute Gasteiger partial charge is 0.491 e. The van der Waals surface area contributed by atoms with E-state index in [0.717, 1.165) is 11.4 Å². The molecule has 2 rings (SSSR count). The molecule has 0 spiro atoms. The van der Waals surface area contributed by atoms with Gasteiger partial charge >= 0.3 is 0 Å². The zero-order valence-electron chi connectivity index (χ0n) is 11.4. The Bertz CT molecular complexity index is 434. The summed E-state index contributed by atoms with van der Waals surface area (Å²) in [7, 11) is 0. The number of rotatable bonds is 6. The number of primary amides is 1. The monoisotopic (exact) mass is 262 g/mol. The number of hydrogen-bond donors (Lipinski definition) is 2. The van der Waals surface area contributed by atoms with Crippen molar-refractivity contribution < 1.29 is 9.53 Å². The summed E-state index contributed by atoms with van der Waals surface area (Å²) in [5, 5.41) is 3.56. The van der Waals surface area contributed by atoms with Crippen LogP contribution in [0.1, 0.15) is 32.6 Å². The molecule has 0 saturated heterocycles. The summed E-state index contributed by atoms with van der Waals surface area (Å²) in [6.07, 6.45) is 4.01. The van der Waals surface area contributed by atoms with E-state index in [1.54, 1.807) is 0 Å². The first-order chi connectivity index (χ1) is 9.16. The Labute approximate surface area is 114 Å². The number of ether oxygens (including phenoxy) is 1. The first-order valence-corrected chi connectivity index (χ1v) is 6.93. The van der Waals surface area contributed by atoms with Crippen molar-refractivity contribution in [2.75, 3.05) is 11.9 Å². The third kappa shape index (κ3) is 3.88. The van der Waals surface area contributed by atoms with E-state index in [2.05, 4.69) is 12.2 Å². The number of carbonyl (C=O) groups is 1. The van der Waals surface area contributed by atoms with Gasteiger partial charge in [0.25, 0.3) is 0 Å². The molecule has 1 aliphatic carbocycles. The molecule has 1 aromatic carbocycles. The minimum Gasteiger partial charge on any atom is -0.491 e.